The number of rotatable bonds is 3. The number of allylic oxidation sites excluding steroid dienone is 1. The van der Waals surface area contributed by atoms with E-state index in [9.17, 15) is 4.79 Å². The van der Waals surface area contributed by atoms with Crippen LogP contribution >= 0.6 is 0 Å². The van der Waals surface area contributed by atoms with Crippen LogP contribution in [0.5, 0.6) is 5.75 Å². The minimum absolute atomic E-state index is 0.0373. The highest BCUT2D eigenvalue weighted by molar-refractivity contribution is 5.91. The van der Waals surface area contributed by atoms with Crippen LogP contribution in [0.1, 0.15) is 23.6 Å². The molecule has 0 aliphatic heterocycles. The smallest absolute Gasteiger partial charge is 0.152 e. The second-order valence-corrected chi connectivity index (χ2v) is 3.62. The lowest BCUT2D eigenvalue weighted by Crippen LogP contribution is -1.91. The van der Waals surface area contributed by atoms with E-state index in [-0.39, 0.29) is 5.78 Å². The van der Waals surface area contributed by atoms with Crippen molar-refractivity contribution in [2.24, 2.45) is 0 Å². The van der Waals surface area contributed by atoms with Gasteiger partial charge in [-0.05, 0) is 56.2 Å². The van der Waals surface area contributed by atoms with E-state index < -0.39 is 0 Å². The largest absolute Gasteiger partial charge is 0.496 e. The van der Waals surface area contributed by atoms with Gasteiger partial charge in [0.15, 0.2) is 5.78 Å². The van der Waals surface area contributed by atoms with Gasteiger partial charge in [0.05, 0.1) is 7.11 Å². The summed E-state index contributed by atoms with van der Waals surface area (Å²) in [4.78, 5) is 10.8. The van der Waals surface area contributed by atoms with Crippen LogP contribution < -0.4 is 4.74 Å². The van der Waals surface area contributed by atoms with Crippen molar-refractivity contribution in [3.8, 4) is 5.75 Å². The standard InChI is InChI=1S/C13H16O2/c1-9-7-12(6-5-11(3)14)13(15-4)8-10(9)2/h5-8H,1-4H3/b6-5+. The lowest BCUT2D eigenvalue weighted by atomic mass is 10.0. The number of methoxy groups -OCH3 is 1. The molecule has 15 heavy (non-hydrogen) atoms. The zero-order valence-corrected chi connectivity index (χ0v) is 9.63. The Kier molecular flexibility index (Phi) is 3.67. The van der Waals surface area contributed by atoms with Crippen LogP contribution in [0, 0.1) is 13.8 Å². The molecule has 0 spiro atoms. The third-order valence-corrected chi connectivity index (χ3v) is 2.34. The molecule has 0 N–H and O–H groups in total. The van der Waals surface area contributed by atoms with E-state index in [1.807, 2.05) is 26.0 Å². The fourth-order valence-corrected chi connectivity index (χ4v) is 1.33. The molecule has 0 aliphatic carbocycles. The number of hydrogen-bond acceptors (Lipinski definition) is 2. The highest BCUT2D eigenvalue weighted by atomic mass is 16.5. The van der Waals surface area contributed by atoms with E-state index in [0.717, 1.165) is 11.3 Å². The third-order valence-electron chi connectivity index (χ3n) is 2.34. The maximum atomic E-state index is 10.8. The normalized spacial score (nSPS) is 10.7. The second kappa shape index (κ2) is 4.78. The van der Waals surface area contributed by atoms with Crippen LogP contribution in [0.25, 0.3) is 6.08 Å². The van der Waals surface area contributed by atoms with Gasteiger partial charge in [-0.15, -0.1) is 0 Å². The number of carbonyl (C=O) groups is 1. The maximum Gasteiger partial charge on any atom is 0.152 e. The van der Waals surface area contributed by atoms with Crippen LogP contribution in [0.2, 0.25) is 0 Å². The summed E-state index contributed by atoms with van der Waals surface area (Å²) < 4.78 is 5.25. The second-order valence-electron chi connectivity index (χ2n) is 3.62. The van der Waals surface area contributed by atoms with Crippen molar-refractivity contribution in [3.63, 3.8) is 0 Å². The summed E-state index contributed by atoms with van der Waals surface area (Å²) in [6.45, 7) is 5.61. The van der Waals surface area contributed by atoms with E-state index in [4.69, 9.17) is 4.74 Å². The van der Waals surface area contributed by atoms with E-state index >= 15 is 0 Å². The monoisotopic (exact) mass is 204 g/mol. The molecule has 1 aromatic carbocycles. The highest BCUT2D eigenvalue weighted by Gasteiger charge is 2.02. The molecule has 1 aromatic rings. The number of carbonyl (C=O) groups excluding carboxylic acids is 1. The molecule has 0 bridgehead atoms. The Bertz CT molecular complexity index is 403. The van der Waals surface area contributed by atoms with Crippen molar-refractivity contribution in [1.82, 2.24) is 0 Å². The predicted molar refractivity (Wildman–Crippen MR) is 62.2 cm³/mol. The molecule has 0 saturated carbocycles. The van der Waals surface area contributed by atoms with Gasteiger partial charge in [0.1, 0.15) is 5.75 Å². The molecule has 0 aromatic heterocycles. The molecule has 0 heterocycles. The zero-order valence-electron chi connectivity index (χ0n) is 9.63. The van der Waals surface area contributed by atoms with Gasteiger partial charge in [0, 0.05) is 5.56 Å². The molecule has 0 aliphatic rings. The van der Waals surface area contributed by atoms with E-state index in [1.54, 1.807) is 19.3 Å². The van der Waals surface area contributed by atoms with Crippen molar-refractivity contribution in [1.29, 1.82) is 0 Å². The predicted octanol–water partition coefficient (Wildman–Crippen LogP) is 2.91. The molecule has 0 amide bonds. The van der Waals surface area contributed by atoms with Crippen LogP contribution in [0.15, 0.2) is 18.2 Å². The first-order chi connectivity index (χ1) is 7.04. The van der Waals surface area contributed by atoms with Gasteiger partial charge in [-0.3, -0.25) is 4.79 Å². The van der Waals surface area contributed by atoms with Gasteiger partial charge in [0.25, 0.3) is 0 Å². The van der Waals surface area contributed by atoms with Crippen molar-refractivity contribution in [2.45, 2.75) is 20.8 Å². The number of benzene rings is 1. The fourth-order valence-electron chi connectivity index (χ4n) is 1.33. The van der Waals surface area contributed by atoms with Crippen LogP contribution in [0.4, 0.5) is 0 Å². The zero-order chi connectivity index (χ0) is 11.4. The van der Waals surface area contributed by atoms with E-state index in [2.05, 4.69) is 0 Å². The fraction of sp³-hybridized carbons (Fsp3) is 0.308. The van der Waals surface area contributed by atoms with Crippen LogP contribution in [-0.4, -0.2) is 12.9 Å². The summed E-state index contributed by atoms with van der Waals surface area (Å²) in [6.07, 6.45) is 3.33. The molecule has 80 valence electrons. The molecule has 0 atom stereocenters. The summed E-state index contributed by atoms with van der Waals surface area (Å²) in [5.41, 5.74) is 3.32. The van der Waals surface area contributed by atoms with Gasteiger partial charge in [-0.2, -0.15) is 0 Å². The Morgan fingerprint density at radius 3 is 2.40 bits per heavy atom. The summed E-state index contributed by atoms with van der Waals surface area (Å²) in [5.74, 6) is 0.839. The van der Waals surface area contributed by atoms with E-state index in [1.165, 1.54) is 18.1 Å². The molecule has 1 rings (SSSR count). The molecular weight excluding hydrogens is 188 g/mol. The lowest BCUT2D eigenvalue weighted by Gasteiger charge is -2.08. The highest BCUT2D eigenvalue weighted by Crippen LogP contribution is 2.24. The summed E-state index contributed by atoms with van der Waals surface area (Å²) >= 11 is 0. The van der Waals surface area contributed by atoms with Gasteiger partial charge in [-0.25, -0.2) is 0 Å². The average Bonchev–Trinajstić information content (AvgIpc) is 2.19. The maximum absolute atomic E-state index is 10.8. The van der Waals surface area contributed by atoms with Crippen LogP contribution in [0.3, 0.4) is 0 Å². The number of aryl methyl sites for hydroxylation is 2. The van der Waals surface area contributed by atoms with Crippen molar-refractivity contribution in [3.05, 3.63) is 34.9 Å². The van der Waals surface area contributed by atoms with Gasteiger partial charge < -0.3 is 4.74 Å². The number of ether oxygens (including phenoxy) is 1. The van der Waals surface area contributed by atoms with Crippen LogP contribution in [-0.2, 0) is 4.79 Å². The Balaban J connectivity index is 3.16. The molecule has 0 unspecified atom stereocenters. The Morgan fingerprint density at radius 1 is 1.27 bits per heavy atom. The lowest BCUT2D eigenvalue weighted by molar-refractivity contribution is -0.112. The molecule has 0 fully saturated rings. The first-order valence-electron chi connectivity index (χ1n) is 4.88. The van der Waals surface area contributed by atoms with Gasteiger partial charge in [0.2, 0.25) is 0 Å². The van der Waals surface area contributed by atoms with E-state index in [0.29, 0.717) is 0 Å². The van der Waals surface area contributed by atoms with Gasteiger partial charge >= 0.3 is 0 Å². The van der Waals surface area contributed by atoms with Gasteiger partial charge in [-0.1, -0.05) is 0 Å². The Hall–Kier alpha value is -1.57. The molecule has 2 nitrogen and oxygen atoms in total. The third kappa shape index (κ3) is 2.94. The quantitative estimate of drug-likeness (QED) is 0.708. The summed E-state index contributed by atoms with van der Waals surface area (Å²) in [7, 11) is 1.63. The van der Waals surface area contributed by atoms with Crippen molar-refractivity contribution in [2.75, 3.05) is 7.11 Å². The molecule has 2 heteroatoms. The summed E-state index contributed by atoms with van der Waals surface area (Å²) in [5, 5.41) is 0. The first kappa shape index (κ1) is 11.5. The van der Waals surface area contributed by atoms with Crippen molar-refractivity contribution >= 4 is 11.9 Å². The molecule has 0 radical (unpaired) electrons. The number of ketones is 1. The average molecular weight is 204 g/mol. The topological polar surface area (TPSA) is 26.3 Å². The Morgan fingerprint density at radius 2 is 1.87 bits per heavy atom. The molecular formula is C13H16O2. The van der Waals surface area contributed by atoms with Crippen molar-refractivity contribution < 1.29 is 9.53 Å². The Labute approximate surface area is 90.6 Å². The SMILES string of the molecule is COc1cc(C)c(C)cc1/C=C/C(C)=O. The number of hydrogen-bond donors (Lipinski definition) is 0. The summed E-state index contributed by atoms with van der Waals surface area (Å²) in [6, 6.07) is 4.00. The minimum atomic E-state index is 0.0373. The molecule has 0 saturated heterocycles. The minimum Gasteiger partial charge on any atom is -0.496 e. The first-order valence-corrected chi connectivity index (χ1v) is 4.88.